The van der Waals surface area contributed by atoms with E-state index in [0.29, 0.717) is 27.7 Å². The van der Waals surface area contributed by atoms with Crippen molar-refractivity contribution in [2.24, 2.45) is 0 Å². The van der Waals surface area contributed by atoms with Crippen LogP contribution in [0.4, 0.5) is 5.82 Å². The summed E-state index contributed by atoms with van der Waals surface area (Å²) in [6.07, 6.45) is 3.17. The van der Waals surface area contributed by atoms with Crippen molar-refractivity contribution in [1.82, 2.24) is 15.3 Å². The number of aromatic nitrogens is 2. The van der Waals surface area contributed by atoms with Crippen LogP contribution in [-0.4, -0.2) is 15.9 Å². The maximum absolute atomic E-state index is 12.9. The molecule has 4 rings (SSSR count). The van der Waals surface area contributed by atoms with Gasteiger partial charge in [-0.3, -0.25) is 4.79 Å². The van der Waals surface area contributed by atoms with Crippen molar-refractivity contribution in [2.75, 3.05) is 5.73 Å². The minimum atomic E-state index is -0.411. The van der Waals surface area contributed by atoms with Gasteiger partial charge in [0, 0.05) is 17.3 Å². The fourth-order valence-electron chi connectivity index (χ4n) is 2.85. The van der Waals surface area contributed by atoms with Crippen LogP contribution in [0.1, 0.15) is 21.8 Å². The molecule has 1 aromatic carbocycles. The van der Waals surface area contributed by atoms with Crippen molar-refractivity contribution in [3.8, 4) is 22.8 Å². The van der Waals surface area contributed by atoms with Gasteiger partial charge in [-0.05, 0) is 42.8 Å². The highest BCUT2D eigenvalue weighted by molar-refractivity contribution is 6.33. The standard InChI is InChI=1S/C21H17ClN4O3/c1-12-10-24-17(23)9-15(12)21-26-18(20(27)25-11-13-5-4-8-28-13)19(29-21)14-6-2-3-7-16(14)22/h2-10H,11H2,1H3,(H2,23,24)(H,25,27). The predicted octanol–water partition coefficient (Wildman–Crippen LogP) is 4.47. The molecule has 0 saturated heterocycles. The number of pyridine rings is 1. The van der Waals surface area contributed by atoms with E-state index in [9.17, 15) is 4.79 Å². The first-order valence-electron chi connectivity index (χ1n) is 8.81. The summed E-state index contributed by atoms with van der Waals surface area (Å²) in [5.74, 6) is 1.07. The smallest absolute Gasteiger partial charge is 0.274 e. The van der Waals surface area contributed by atoms with Gasteiger partial charge in [0.1, 0.15) is 11.6 Å². The SMILES string of the molecule is Cc1cnc(N)cc1-c1nc(C(=O)NCc2ccco2)c(-c2ccccc2Cl)o1. The summed E-state index contributed by atoms with van der Waals surface area (Å²) >= 11 is 6.34. The summed E-state index contributed by atoms with van der Waals surface area (Å²) in [5, 5.41) is 3.23. The van der Waals surface area contributed by atoms with Gasteiger partial charge in [-0.2, -0.15) is 0 Å². The van der Waals surface area contributed by atoms with E-state index < -0.39 is 5.91 Å². The Morgan fingerprint density at radius 2 is 2.03 bits per heavy atom. The fraction of sp³-hybridized carbons (Fsp3) is 0.0952. The average molecular weight is 409 g/mol. The first-order chi connectivity index (χ1) is 14.0. The highest BCUT2D eigenvalue weighted by Gasteiger charge is 2.24. The quantitative estimate of drug-likeness (QED) is 0.504. The van der Waals surface area contributed by atoms with Crippen LogP contribution in [0, 0.1) is 6.92 Å². The molecule has 0 atom stereocenters. The molecule has 146 valence electrons. The lowest BCUT2D eigenvalue weighted by atomic mass is 10.1. The summed E-state index contributed by atoms with van der Waals surface area (Å²) in [7, 11) is 0. The average Bonchev–Trinajstić information content (AvgIpc) is 3.38. The van der Waals surface area contributed by atoms with Gasteiger partial charge in [0.15, 0.2) is 11.5 Å². The maximum atomic E-state index is 12.9. The second-order valence-electron chi connectivity index (χ2n) is 6.36. The molecule has 4 aromatic rings. The van der Waals surface area contributed by atoms with Gasteiger partial charge in [0.2, 0.25) is 5.89 Å². The Bertz CT molecular complexity index is 1170. The molecule has 0 spiro atoms. The van der Waals surface area contributed by atoms with Gasteiger partial charge in [0.05, 0.1) is 17.8 Å². The van der Waals surface area contributed by atoms with Crippen molar-refractivity contribution >= 4 is 23.3 Å². The molecule has 8 heteroatoms. The number of nitrogen functional groups attached to an aromatic ring is 1. The third kappa shape index (κ3) is 3.86. The Balaban J connectivity index is 1.77. The number of aryl methyl sites for hydroxylation is 1. The minimum Gasteiger partial charge on any atom is -0.467 e. The number of nitrogens with two attached hydrogens (primary N) is 1. The summed E-state index contributed by atoms with van der Waals surface area (Å²) in [4.78, 5) is 21.4. The van der Waals surface area contributed by atoms with E-state index in [2.05, 4.69) is 15.3 Å². The summed E-state index contributed by atoms with van der Waals surface area (Å²) < 4.78 is 11.3. The third-order valence-corrected chi connectivity index (χ3v) is 4.65. The number of carbonyl (C=O) groups excluding carboxylic acids is 1. The van der Waals surface area contributed by atoms with Crippen LogP contribution in [0.3, 0.4) is 0 Å². The second kappa shape index (κ2) is 7.81. The Labute approximate surface area is 171 Å². The highest BCUT2D eigenvalue weighted by atomic mass is 35.5. The van der Waals surface area contributed by atoms with Crippen molar-refractivity contribution < 1.29 is 13.6 Å². The lowest BCUT2D eigenvalue weighted by Crippen LogP contribution is -2.23. The molecule has 0 fully saturated rings. The number of rotatable bonds is 5. The van der Waals surface area contributed by atoms with E-state index in [1.807, 2.05) is 13.0 Å². The predicted molar refractivity (Wildman–Crippen MR) is 109 cm³/mol. The molecule has 0 aliphatic carbocycles. The van der Waals surface area contributed by atoms with E-state index in [0.717, 1.165) is 5.56 Å². The first-order valence-corrected chi connectivity index (χ1v) is 9.19. The number of nitrogens with zero attached hydrogens (tertiary/aromatic N) is 2. The number of hydrogen-bond acceptors (Lipinski definition) is 6. The van der Waals surface area contributed by atoms with Crippen LogP contribution in [0.5, 0.6) is 0 Å². The van der Waals surface area contributed by atoms with Gasteiger partial charge in [0.25, 0.3) is 5.91 Å². The van der Waals surface area contributed by atoms with E-state index >= 15 is 0 Å². The molecule has 0 aliphatic rings. The Morgan fingerprint density at radius 1 is 1.21 bits per heavy atom. The van der Waals surface area contributed by atoms with Gasteiger partial charge in [-0.1, -0.05) is 23.7 Å². The largest absolute Gasteiger partial charge is 0.467 e. The Hall–Kier alpha value is -3.58. The zero-order valence-corrected chi connectivity index (χ0v) is 16.2. The molecule has 0 aliphatic heterocycles. The monoisotopic (exact) mass is 408 g/mol. The van der Waals surface area contributed by atoms with Crippen LogP contribution in [0.25, 0.3) is 22.8 Å². The minimum absolute atomic E-state index is 0.120. The van der Waals surface area contributed by atoms with Crippen LogP contribution >= 0.6 is 11.6 Å². The van der Waals surface area contributed by atoms with Crippen LogP contribution in [-0.2, 0) is 6.54 Å². The normalized spacial score (nSPS) is 10.8. The summed E-state index contributed by atoms with van der Waals surface area (Å²) in [6, 6.07) is 12.3. The second-order valence-corrected chi connectivity index (χ2v) is 6.77. The number of anilines is 1. The van der Waals surface area contributed by atoms with E-state index in [4.69, 9.17) is 26.2 Å². The zero-order valence-electron chi connectivity index (χ0n) is 15.5. The molecule has 0 saturated carbocycles. The molecule has 29 heavy (non-hydrogen) atoms. The van der Waals surface area contributed by atoms with Crippen molar-refractivity contribution in [1.29, 1.82) is 0 Å². The number of nitrogens with one attached hydrogen (secondary N) is 1. The molecule has 3 heterocycles. The van der Waals surface area contributed by atoms with Crippen molar-refractivity contribution in [2.45, 2.75) is 13.5 Å². The summed E-state index contributed by atoms with van der Waals surface area (Å²) in [6.45, 7) is 2.08. The Morgan fingerprint density at radius 3 is 2.79 bits per heavy atom. The third-order valence-electron chi connectivity index (χ3n) is 4.32. The van der Waals surface area contributed by atoms with Gasteiger partial charge < -0.3 is 19.9 Å². The van der Waals surface area contributed by atoms with Gasteiger partial charge in [-0.15, -0.1) is 0 Å². The van der Waals surface area contributed by atoms with E-state index in [-0.39, 0.29) is 23.9 Å². The van der Waals surface area contributed by atoms with E-state index in [1.54, 1.807) is 48.9 Å². The van der Waals surface area contributed by atoms with Crippen LogP contribution in [0.15, 0.2) is 63.8 Å². The molecule has 3 N–H and O–H groups in total. The molecular weight excluding hydrogens is 392 g/mol. The summed E-state index contributed by atoms with van der Waals surface area (Å²) in [5.41, 5.74) is 7.96. The number of benzene rings is 1. The van der Waals surface area contributed by atoms with Gasteiger partial charge in [-0.25, -0.2) is 9.97 Å². The molecule has 3 aromatic heterocycles. The van der Waals surface area contributed by atoms with E-state index in [1.165, 1.54) is 0 Å². The lowest BCUT2D eigenvalue weighted by Gasteiger charge is -2.04. The number of oxazole rings is 1. The number of amides is 1. The Kier molecular flexibility index (Phi) is 5.05. The van der Waals surface area contributed by atoms with Crippen molar-refractivity contribution in [3.05, 3.63) is 77.0 Å². The van der Waals surface area contributed by atoms with Crippen LogP contribution in [0.2, 0.25) is 5.02 Å². The lowest BCUT2D eigenvalue weighted by molar-refractivity contribution is 0.0944. The number of hydrogen-bond donors (Lipinski definition) is 2. The zero-order chi connectivity index (χ0) is 20.4. The highest BCUT2D eigenvalue weighted by Crippen LogP contribution is 2.35. The molecular formula is C21H17ClN4O3. The fourth-order valence-corrected chi connectivity index (χ4v) is 3.07. The van der Waals surface area contributed by atoms with Crippen LogP contribution < -0.4 is 11.1 Å². The maximum Gasteiger partial charge on any atom is 0.274 e. The molecule has 1 amide bonds. The van der Waals surface area contributed by atoms with Gasteiger partial charge >= 0.3 is 0 Å². The molecule has 0 bridgehead atoms. The van der Waals surface area contributed by atoms with Crippen molar-refractivity contribution in [3.63, 3.8) is 0 Å². The molecule has 0 radical (unpaired) electrons. The topological polar surface area (TPSA) is 107 Å². The molecule has 7 nitrogen and oxygen atoms in total. The number of furan rings is 1. The molecule has 0 unspecified atom stereocenters. The first kappa shape index (κ1) is 18.8. The number of carbonyl (C=O) groups is 1. The number of halogens is 1.